The monoisotopic (exact) mass is 400 g/mol. The van der Waals surface area contributed by atoms with Crippen molar-refractivity contribution in [1.82, 2.24) is 25.0 Å². The van der Waals surface area contributed by atoms with E-state index in [1.807, 2.05) is 6.07 Å². The molecular weight excluding hydrogens is 384 g/mol. The van der Waals surface area contributed by atoms with Gasteiger partial charge in [0.25, 0.3) is 11.1 Å². The van der Waals surface area contributed by atoms with Crippen LogP contribution in [0, 0.1) is 0 Å². The summed E-state index contributed by atoms with van der Waals surface area (Å²) in [6.07, 6.45) is 3.28. The molecule has 0 atom stereocenters. The smallest absolute Gasteiger partial charge is 0.267 e. The molecule has 0 bridgehead atoms. The minimum absolute atomic E-state index is 0.226. The minimum Gasteiger partial charge on any atom is -0.324 e. The fraction of sp³-hybridized carbons (Fsp3) is 0.0476. The molecule has 4 rings (SSSR count). The highest BCUT2D eigenvalue weighted by molar-refractivity contribution is 5.90. The van der Waals surface area contributed by atoms with Crippen LogP contribution in [0.1, 0.15) is 0 Å². The largest absolute Gasteiger partial charge is 0.324 e. The summed E-state index contributed by atoms with van der Waals surface area (Å²) in [5.74, 6) is -0.386. The quantitative estimate of drug-likeness (QED) is 0.526. The van der Waals surface area contributed by atoms with Crippen molar-refractivity contribution >= 4 is 11.6 Å². The predicted octanol–water partition coefficient (Wildman–Crippen LogP) is 1.69. The van der Waals surface area contributed by atoms with E-state index in [2.05, 4.69) is 25.6 Å². The van der Waals surface area contributed by atoms with Crippen LogP contribution in [0.3, 0.4) is 0 Å². The number of pyridine rings is 1. The molecule has 0 radical (unpaired) electrons. The molecular formula is C21H16N6O3. The highest BCUT2D eigenvalue weighted by Gasteiger charge is 2.09. The maximum atomic E-state index is 12.4. The summed E-state index contributed by atoms with van der Waals surface area (Å²) >= 11 is 0. The standard InChI is InChI=1S/C21H16N6O3/c28-19-9-7-17(24-25-19)14-3-5-16(6-4-14)23-20(29)13-27-21(30)10-8-18(26-27)15-2-1-11-22-12-15/h1-12H,13H2,(H,23,29)(H,25,28). The van der Waals surface area contributed by atoms with Crippen LogP contribution in [-0.2, 0) is 11.3 Å². The van der Waals surface area contributed by atoms with Crippen molar-refractivity contribution in [2.75, 3.05) is 5.32 Å². The lowest BCUT2D eigenvalue weighted by Gasteiger charge is -2.09. The number of nitrogens with zero attached hydrogens (tertiary/aromatic N) is 4. The molecule has 0 fully saturated rings. The van der Waals surface area contributed by atoms with E-state index >= 15 is 0 Å². The second-order valence-corrected chi connectivity index (χ2v) is 6.39. The average molecular weight is 400 g/mol. The second-order valence-electron chi connectivity index (χ2n) is 6.39. The molecule has 0 aliphatic carbocycles. The van der Waals surface area contributed by atoms with Crippen LogP contribution in [0.2, 0.25) is 0 Å². The zero-order chi connectivity index (χ0) is 20.9. The first kappa shape index (κ1) is 18.9. The fourth-order valence-corrected chi connectivity index (χ4v) is 2.80. The van der Waals surface area contributed by atoms with Crippen LogP contribution in [0.15, 0.2) is 82.6 Å². The Kier molecular flexibility index (Phi) is 5.25. The van der Waals surface area contributed by atoms with E-state index in [4.69, 9.17) is 0 Å². The third kappa shape index (κ3) is 4.36. The number of aromatic nitrogens is 5. The Hall–Kier alpha value is -4.40. The van der Waals surface area contributed by atoms with Gasteiger partial charge in [0.15, 0.2) is 0 Å². The molecule has 0 aliphatic heterocycles. The van der Waals surface area contributed by atoms with Gasteiger partial charge in [0.05, 0.1) is 11.4 Å². The topological polar surface area (TPSA) is 123 Å². The molecule has 0 unspecified atom stereocenters. The van der Waals surface area contributed by atoms with Crippen molar-refractivity contribution in [1.29, 1.82) is 0 Å². The number of benzene rings is 1. The number of rotatable bonds is 5. The molecule has 148 valence electrons. The van der Waals surface area contributed by atoms with Gasteiger partial charge in [0.1, 0.15) is 6.54 Å². The minimum atomic E-state index is -0.386. The predicted molar refractivity (Wildman–Crippen MR) is 111 cm³/mol. The number of amides is 1. The summed E-state index contributed by atoms with van der Waals surface area (Å²) in [5.41, 5.74) is 2.59. The van der Waals surface area contributed by atoms with Gasteiger partial charge in [-0.1, -0.05) is 12.1 Å². The molecule has 1 aromatic carbocycles. The lowest BCUT2D eigenvalue weighted by atomic mass is 10.1. The number of hydrogen-bond acceptors (Lipinski definition) is 6. The Morgan fingerprint density at radius 3 is 2.43 bits per heavy atom. The van der Waals surface area contributed by atoms with E-state index in [-0.39, 0.29) is 23.6 Å². The van der Waals surface area contributed by atoms with Gasteiger partial charge in [-0.15, -0.1) is 0 Å². The van der Waals surface area contributed by atoms with Crippen molar-refractivity contribution in [3.63, 3.8) is 0 Å². The van der Waals surface area contributed by atoms with E-state index in [9.17, 15) is 14.4 Å². The Morgan fingerprint density at radius 1 is 0.933 bits per heavy atom. The van der Waals surface area contributed by atoms with Gasteiger partial charge in [0.2, 0.25) is 5.91 Å². The maximum absolute atomic E-state index is 12.4. The van der Waals surface area contributed by atoms with Gasteiger partial charge in [-0.25, -0.2) is 9.78 Å². The summed E-state index contributed by atoms with van der Waals surface area (Å²) < 4.78 is 1.11. The molecule has 4 aromatic rings. The number of carbonyl (C=O) groups excluding carboxylic acids is 1. The molecule has 30 heavy (non-hydrogen) atoms. The third-order valence-corrected chi connectivity index (χ3v) is 4.26. The van der Waals surface area contributed by atoms with Gasteiger partial charge in [-0.05, 0) is 36.4 Å². The molecule has 9 heteroatoms. The van der Waals surface area contributed by atoms with Crippen molar-refractivity contribution in [3.05, 3.63) is 93.8 Å². The van der Waals surface area contributed by atoms with Gasteiger partial charge in [-0.2, -0.15) is 10.2 Å². The molecule has 1 amide bonds. The Labute approximate surface area is 170 Å². The lowest BCUT2D eigenvalue weighted by Crippen LogP contribution is -2.29. The van der Waals surface area contributed by atoms with Crippen molar-refractivity contribution in [2.45, 2.75) is 6.54 Å². The molecule has 3 aromatic heterocycles. The van der Waals surface area contributed by atoms with E-state index < -0.39 is 0 Å². The summed E-state index contributed by atoms with van der Waals surface area (Å²) in [6.45, 7) is -0.226. The van der Waals surface area contributed by atoms with Gasteiger partial charge >= 0.3 is 0 Å². The number of carbonyl (C=O) groups is 1. The normalized spacial score (nSPS) is 10.5. The first-order chi connectivity index (χ1) is 14.6. The summed E-state index contributed by atoms with van der Waals surface area (Å²) in [4.78, 5) is 39.6. The number of aromatic amines is 1. The van der Waals surface area contributed by atoms with Crippen LogP contribution in [0.5, 0.6) is 0 Å². The zero-order valence-electron chi connectivity index (χ0n) is 15.6. The van der Waals surface area contributed by atoms with Gasteiger partial charge in [0, 0.05) is 41.3 Å². The molecule has 0 saturated heterocycles. The van der Waals surface area contributed by atoms with Crippen LogP contribution in [-0.4, -0.2) is 30.9 Å². The van der Waals surface area contributed by atoms with E-state index in [0.717, 1.165) is 15.8 Å². The Bertz CT molecular complexity index is 1280. The van der Waals surface area contributed by atoms with Crippen LogP contribution in [0.4, 0.5) is 5.69 Å². The third-order valence-electron chi connectivity index (χ3n) is 4.26. The van der Waals surface area contributed by atoms with E-state index in [1.54, 1.807) is 54.9 Å². The van der Waals surface area contributed by atoms with Crippen molar-refractivity contribution in [2.24, 2.45) is 0 Å². The molecule has 0 spiro atoms. The first-order valence-electron chi connectivity index (χ1n) is 9.03. The summed E-state index contributed by atoms with van der Waals surface area (Å²) in [5, 5.41) is 13.3. The van der Waals surface area contributed by atoms with Crippen LogP contribution >= 0.6 is 0 Å². The van der Waals surface area contributed by atoms with Crippen LogP contribution < -0.4 is 16.4 Å². The number of anilines is 1. The van der Waals surface area contributed by atoms with Gasteiger partial charge in [-0.3, -0.25) is 19.4 Å². The molecule has 9 nitrogen and oxygen atoms in total. The number of hydrogen-bond donors (Lipinski definition) is 2. The van der Waals surface area contributed by atoms with Crippen LogP contribution in [0.25, 0.3) is 22.5 Å². The molecule has 0 aliphatic rings. The first-order valence-corrected chi connectivity index (χ1v) is 9.03. The van der Waals surface area contributed by atoms with Crippen molar-refractivity contribution < 1.29 is 4.79 Å². The zero-order valence-corrected chi connectivity index (χ0v) is 15.6. The molecule has 3 heterocycles. The summed E-state index contributed by atoms with van der Waals surface area (Å²) in [6, 6.07) is 16.5. The highest BCUT2D eigenvalue weighted by Crippen LogP contribution is 2.18. The van der Waals surface area contributed by atoms with E-state index in [0.29, 0.717) is 17.1 Å². The Morgan fingerprint density at radius 2 is 1.73 bits per heavy atom. The fourth-order valence-electron chi connectivity index (χ4n) is 2.80. The van der Waals surface area contributed by atoms with E-state index in [1.165, 1.54) is 12.1 Å². The SMILES string of the molecule is O=C(Cn1nc(-c2cccnc2)ccc1=O)Nc1ccc(-c2ccc(=O)[nH]n2)cc1. The lowest BCUT2D eigenvalue weighted by molar-refractivity contribution is -0.117. The second kappa shape index (κ2) is 8.31. The molecule has 0 saturated carbocycles. The number of H-pyrrole nitrogens is 1. The highest BCUT2D eigenvalue weighted by atomic mass is 16.2. The average Bonchev–Trinajstić information content (AvgIpc) is 2.77. The van der Waals surface area contributed by atoms with Crippen molar-refractivity contribution in [3.8, 4) is 22.5 Å². The maximum Gasteiger partial charge on any atom is 0.267 e. The molecule has 2 N–H and O–H groups in total. The summed E-state index contributed by atoms with van der Waals surface area (Å²) in [7, 11) is 0. The Balaban J connectivity index is 1.46. The number of nitrogens with one attached hydrogen (secondary N) is 2. The van der Waals surface area contributed by atoms with Gasteiger partial charge < -0.3 is 5.32 Å².